The zero-order chi connectivity index (χ0) is 12.3. The van der Waals surface area contributed by atoms with Gasteiger partial charge >= 0.3 is 5.69 Å². The van der Waals surface area contributed by atoms with Crippen LogP contribution < -0.4 is 11.2 Å². The Kier molecular flexibility index (Phi) is 3.56. The molecule has 4 nitrogen and oxygen atoms in total. The Balaban J connectivity index is 2.06. The molecule has 17 heavy (non-hydrogen) atoms. The number of nitrogens with one attached hydrogen (secondary N) is 1. The smallest absolute Gasteiger partial charge is 0.294 e. The first-order chi connectivity index (χ1) is 8.16. The molecule has 0 aromatic carbocycles. The molecule has 5 radical (unpaired) electrons. The van der Waals surface area contributed by atoms with Gasteiger partial charge in [0, 0.05) is 12.5 Å². The van der Waals surface area contributed by atoms with E-state index in [-0.39, 0.29) is 6.54 Å². The minimum atomic E-state index is -0.994. The van der Waals surface area contributed by atoms with Gasteiger partial charge in [-0.05, 0) is 25.7 Å². The molecule has 0 amide bonds. The number of rotatable bonds is 3. The highest BCUT2D eigenvalue weighted by Gasteiger charge is 2.13. The topological polar surface area (TPSA) is 54.9 Å². The Hall–Kier alpha value is -1.65. The van der Waals surface area contributed by atoms with Crippen molar-refractivity contribution < 1.29 is 4.39 Å². The van der Waals surface area contributed by atoms with Gasteiger partial charge < -0.3 is 0 Å². The highest BCUT2D eigenvalue weighted by Crippen LogP contribution is 2.23. The number of H-pyrrole nitrogens is 1. The predicted molar refractivity (Wildman–Crippen MR) is 60.9 cm³/mol. The highest BCUT2D eigenvalue weighted by atomic mass is 19.1. The summed E-state index contributed by atoms with van der Waals surface area (Å²) in [7, 11) is 0. The molecular weight excluding hydrogens is 223 g/mol. The van der Waals surface area contributed by atoms with Gasteiger partial charge in [-0.15, -0.1) is 0 Å². The number of halogens is 1. The number of allylic oxidation sites excluding steroid dienone is 2. The van der Waals surface area contributed by atoms with Crippen molar-refractivity contribution >= 4 is 0 Å². The first kappa shape index (κ1) is 11.8. The molecule has 2 rings (SSSR count). The molecule has 1 aromatic heterocycles. The van der Waals surface area contributed by atoms with Gasteiger partial charge in [-0.2, -0.15) is 4.39 Å². The van der Waals surface area contributed by atoms with Crippen LogP contribution in [0.25, 0.3) is 0 Å². The minimum Gasteiger partial charge on any atom is -0.294 e. The molecule has 1 aliphatic rings. The van der Waals surface area contributed by atoms with Gasteiger partial charge in [-0.25, -0.2) is 4.79 Å². The SMILES string of the molecule is O=c1[nH]c(=O)n(C/C=C/[C]2[CH][CH][CH][CH]2)cc1F. The van der Waals surface area contributed by atoms with Crippen molar-refractivity contribution in [2.45, 2.75) is 6.54 Å². The van der Waals surface area contributed by atoms with Crippen LogP contribution in [0.5, 0.6) is 0 Å². The van der Waals surface area contributed by atoms with E-state index in [0.717, 1.165) is 16.7 Å². The molecular formula is C12H10FN2O2. The number of aromatic nitrogens is 2. The van der Waals surface area contributed by atoms with Crippen molar-refractivity contribution in [3.05, 3.63) is 76.6 Å². The number of hydrogen-bond acceptors (Lipinski definition) is 2. The maximum atomic E-state index is 12.9. The van der Waals surface area contributed by atoms with E-state index in [9.17, 15) is 14.0 Å². The lowest BCUT2D eigenvalue weighted by atomic mass is 10.1. The summed E-state index contributed by atoms with van der Waals surface area (Å²) in [5.41, 5.74) is -1.62. The van der Waals surface area contributed by atoms with Gasteiger partial charge in [-0.1, -0.05) is 12.2 Å². The Labute approximate surface area is 97.8 Å². The normalized spacial score (nSPS) is 17.0. The molecule has 0 bridgehead atoms. The minimum absolute atomic E-state index is 0.206. The zero-order valence-corrected chi connectivity index (χ0v) is 8.89. The second kappa shape index (κ2) is 5.12. The van der Waals surface area contributed by atoms with Crippen LogP contribution in [0.2, 0.25) is 0 Å². The third-order valence-electron chi connectivity index (χ3n) is 2.27. The largest absolute Gasteiger partial charge is 0.328 e. The van der Waals surface area contributed by atoms with Gasteiger partial charge in [0.15, 0.2) is 0 Å². The van der Waals surface area contributed by atoms with Crippen LogP contribution in [-0.2, 0) is 6.54 Å². The van der Waals surface area contributed by atoms with Crippen LogP contribution >= 0.6 is 0 Å². The van der Waals surface area contributed by atoms with Crippen molar-refractivity contribution in [2.75, 3.05) is 0 Å². The molecule has 87 valence electrons. The molecule has 1 fully saturated rings. The van der Waals surface area contributed by atoms with Crippen molar-refractivity contribution in [1.82, 2.24) is 9.55 Å². The van der Waals surface area contributed by atoms with Crippen LogP contribution in [0.3, 0.4) is 0 Å². The van der Waals surface area contributed by atoms with Crippen LogP contribution in [-0.4, -0.2) is 9.55 Å². The monoisotopic (exact) mass is 233 g/mol. The zero-order valence-electron chi connectivity index (χ0n) is 8.89. The second-order valence-corrected chi connectivity index (χ2v) is 3.51. The quantitative estimate of drug-likeness (QED) is 0.832. The maximum absolute atomic E-state index is 12.9. The molecule has 0 unspecified atom stereocenters. The lowest BCUT2D eigenvalue weighted by Crippen LogP contribution is -2.31. The molecule has 1 aromatic rings. The van der Waals surface area contributed by atoms with Crippen molar-refractivity contribution in [3.8, 4) is 0 Å². The Bertz CT molecular complexity index is 524. The summed E-state index contributed by atoms with van der Waals surface area (Å²) in [6.45, 7) is 0.206. The molecule has 1 N–H and O–H groups in total. The molecule has 1 aliphatic carbocycles. The third-order valence-corrected chi connectivity index (χ3v) is 2.27. The first-order valence-electron chi connectivity index (χ1n) is 5.04. The van der Waals surface area contributed by atoms with Crippen molar-refractivity contribution in [2.24, 2.45) is 0 Å². The summed E-state index contributed by atoms with van der Waals surface area (Å²) in [5, 5.41) is 0. The fourth-order valence-electron chi connectivity index (χ4n) is 1.42. The standard InChI is InChI=1S/C12H10FN2O2/c13-10-8-15(12(17)14-11(10)16)7-3-6-9-4-1-2-5-9/h1-6,8H,7H2,(H,14,16,17)/b6-3+. The molecule has 1 saturated carbocycles. The van der Waals surface area contributed by atoms with E-state index in [2.05, 4.69) is 0 Å². The van der Waals surface area contributed by atoms with Gasteiger partial charge in [0.05, 0.1) is 6.20 Å². The van der Waals surface area contributed by atoms with Crippen molar-refractivity contribution in [1.29, 1.82) is 0 Å². The fraction of sp³-hybridized carbons (Fsp3) is 0.0833. The lowest BCUT2D eigenvalue weighted by molar-refractivity contribution is 0.568. The summed E-state index contributed by atoms with van der Waals surface area (Å²) in [6, 6.07) is 0. The summed E-state index contributed by atoms with van der Waals surface area (Å²) in [4.78, 5) is 24.0. The van der Waals surface area contributed by atoms with Crippen LogP contribution in [0.1, 0.15) is 0 Å². The summed E-state index contributed by atoms with van der Waals surface area (Å²) >= 11 is 0. The van der Waals surface area contributed by atoms with E-state index < -0.39 is 17.1 Å². The maximum Gasteiger partial charge on any atom is 0.328 e. The molecule has 0 saturated heterocycles. The van der Waals surface area contributed by atoms with E-state index >= 15 is 0 Å². The van der Waals surface area contributed by atoms with E-state index in [1.54, 1.807) is 6.08 Å². The van der Waals surface area contributed by atoms with Crippen LogP contribution in [0, 0.1) is 37.4 Å². The van der Waals surface area contributed by atoms with E-state index in [4.69, 9.17) is 0 Å². The summed E-state index contributed by atoms with van der Waals surface area (Å²) in [6.07, 6.45) is 12.0. The molecule has 5 heteroatoms. The molecule has 0 spiro atoms. The van der Waals surface area contributed by atoms with E-state index in [1.165, 1.54) is 0 Å². The van der Waals surface area contributed by atoms with Gasteiger partial charge in [0.25, 0.3) is 5.56 Å². The van der Waals surface area contributed by atoms with Crippen molar-refractivity contribution in [3.63, 3.8) is 0 Å². The second-order valence-electron chi connectivity index (χ2n) is 3.51. The summed E-state index contributed by atoms with van der Waals surface area (Å²) < 4.78 is 14.0. The summed E-state index contributed by atoms with van der Waals surface area (Å²) in [5.74, 6) is 0.0363. The average molecular weight is 233 g/mol. The van der Waals surface area contributed by atoms with E-state index in [1.807, 2.05) is 36.7 Å². The van der Waals surface area contributed by atoms with Crippen LogP contribution in [0.4, 0.5) is 4.39 Å². The Morgan fingerprint density at radius 2 is 2.00 bits per heavy atom. The van der Waals surface area contributed by atoms with Gasteiger partial charge in [0.2, 0.25) is 5.82 Å². The molecule has 0 atom stereocenters. The molecule has 0 aliphatic heterocycles. The van der Waals surface area contributed by atoms with Gasteiger partial charge in [-0.3, -0.25) is 14.3 Å². The fourth-order valence-corrected chi connectivity index (χ4v) is 1.42. The predicted octanol–water partition coefficient (Wildman–Crippen LogP) is 0.637. The Morgan fingerprint density at radius 1 is 1.29 bits per heavy atom. The molecule has 1 heterocycles. The number of nitrogens with zero attached hydrogens (tertiary/aromatic N) is 1. The average Bonchev–Trinajstić information content (AvgIpc) is 2.78. The van der Waals surface area contributed by atoms with Crippen LogP contribution in [0.15, 0.2) is 27.9 Å². The van der Waals surface area contributed by atoms with E-state index in [0.29, 0.717) is 0 Å². The Morgan fingerprint density at radius 3 is 2.71 bits per heavy atom. The van der Waals surface area contributed by atoms with Gasteiger partial charge in [0.1, 0.15) is 0 Å². The number of hydrogen-bond donors (Lipinski definition) is 1. The lowest BCUT2D eigenvalue weighted by Gasteiger charge is -2.02. The highest BCUT2D eigenvalue weighted by molar-refractivity contribution is 5.41. The third kappa shape index (κ3) is 2.93. The first-order valence-corrected chi connectivity index (χ1v) is 5.04. The number of aromatic amines is 1.